The highest BCUT2D eigenvalue weighted by Crippen LogP contribution is 2.25. The number of aromatic nitrogens is 2. The van der Waals surface area contributed by atoms with E-state index in [0.717, 1.165) is 0 Å². The first-order valence-corrected chi connectivity index (χ1v) is 5.37. The molecule has 6 heteroatoms. The predicted molar refractivity (Wildman–Crippen MR) is 57.9 cm³/mol. The molecule has 2 rings (SSSR count). The molecule has 0 aliphatic carbocycles. The van der Waals surface area contributed by atoms with Crippen LogP contribution < -0.4 is 4.90 Å². The molecule has 2 heterocycles. The van der Waals surface area contributed by atoms with Crippen LogP contribution in [0.25, 0.3) is 0 Å². The molecule has 1 aromatic rings. The molecule has 5 nitrogen and oxygen atoms in total. The summed E-state index contributed by atoms with van der Waals surface area (Å²) in [6.07, 6.45) is 3.31. The molecule has 0 N–H and O–H groups in total. The normalized spacial score (nSPS) is 19.9. The van der Waals surface area contributed by atoms with Crippen molar-refractivity contribution in [2.75, 3.05) is 17.3 Å². The zero-order valence-corrected chi connectivity index (χ0v) is 9.18. The minimum Gasteiger partial charge on any atom is -0.294 e. The third-order valence-electron chi connectivity index (χ3n) is 2.46. The van der Waals surface area contributed by atoms with Crippen molar-refractivity contribution >= 4 is 23.3 Å². The highest BCUT2D eigenvalue weighted by Gasteiger charge is 2.32. The number of halogens is 1. The van der Waals surface area contributed by atoms with Gasteiger partial charge in [0.25, 0.3) is 0 Å². The van der Waals surface area contributed by atoms with Crippen molar-refractivity contribution in [3.8, 4) is 6.07 Å². The van der Waals surface area contributed by atoms with Gasteiger partial charge in [0.1, 0.15) is 6.07 Å². The molecule has 0 saturated carbocycles. The van der Waals surface area contributed by atoms with Gasteiger partial charge >= 0.3 is 0 Å². The van der Waals surface area contributed by atoms with Gasteiger partial charge in [-0.2, -0.15) is 5.26 Å². The molecule has 1 amide bonds. The Labute approximate surface area is 97.7 Å². The predicted octanol–water partition coefficient (Wildman–Crippen LogP) is 0.940. The van der Waals surface area contributed by atoms with E-state index in [4.69, 9.17) is 16.9 Å². The second-order valence-corrected chi connectivity index (χ2v) is 3.88. The Kier molecular flexibility index (Phi) is 3.02. The summed E-state index contributed by atoms with van der Waals surface area (Å²) in [5.41, 5.74) is 0.172. The maximum absolute atomic E-state index is 11.7. The summed E-state index contributed by atoms with van der Waals surface area (Å²) in [7, 11) is 0. The molecule has 0 radical (unpaired) electrons. The molecule has 0 bridgehead atoms. The first-order valence-electron chi connectivity index (χ1n) is 4.83. The zero-order chi connectivity index (χ0) is 11.5. The molecule has 0 spiro atoms. The van der Waals surface area contributed by atoms with Crippen molar-refractivity contribution < 1.29 is 4.79 Å². The maximum Gasteiger partial charge on any atom is 0.228 e. The Bertz CT molecular complexity index is 456. The molecular weight excluding hydrogens is 228 g/mol. The molecule has 0 aromatic carbocycles. The minimum absolute atomic E-state index is 0.0531. The third-order valence-corrected chi connectivity index (χ3v) is 2.90. The number of hydrogen-bond donors (Lipinski definition) is 0. The van der Waals surface area contributed by atoms with Crippen LogP contribution in [0.4, 0.5) is 5.82 Å². The lowest BCUT2D eigenvalue weighted by Crippen LogP contribution is -2.26. The van der Waals surface area contributed by atoms with Gasteiger partial charge < -0.3 is 0 Å². The fourth-order valence-corrected chi connectivity index (χ4v) is 1.90. The van der Waals surface area contributed by atoms with E-state index in [1.165, 1.54) is 17.3 Å². The summed E-state index contributed by atoms with van der Waals surface area (Å²) in [4.78, 5) is 21.1. The lowest BCUT2D eigenvalue weighted by atomic mass is 10.1. The Morgan fingerprint density at radius 3 is 2.94 bits per heavy atom. The van der Waals surface area contributed by atoms with E-state index in [1.807, 2.05) is 6.07 Å². The van der Waals surface area contributed by atoms with E-state index in [0.29, 0.717) is 24.7 Å². The average Bonchev–Trinajstić information content (AvgIpc) is 2.70. The van der Waals surface area contributed by atoms with Gasteiger partial charge in [0, 0.05) is 31.2 Å². The lowest BCUT2D eigenvalue weighted by Gasteiger charge is -2.15. The van der Waals surface area contributed by atoms with E-state index in [9.17, 15) is 4.79 Å². The smallest absolute Gasteiger partial charge is 0.228 e. The number of amides is 1. The van der Waals surface area contributed by atoms with Gasteiger partial charge in [-0.3, -0.25) is 9.69 Å². The standard InChI is InChI=1S/C10H9ClN4O/c11-4-7-3-9(16)15(6-7)10-8(5-12)13-1-2-14-10/h1-2,7H,3-4,6H2. The van der Waals surface area contributed by atoms with Gasteiger partial charge in [-0.1, -0.05) is 0 Å². The topological polar surface area (TPSA) is 69.9 Å². The summed E-state index contributed by atoms with van der Waals surface area (Å²) >= 11 is 5.72. The van der Waals surface area contributed by atoms with Crippen LogP contribution in [0, 0.1) is 17.2 Å². The quantitative estimate of drug-likeness (QED) is 0.717. The van der Waals surface area contributed by atoms with Gasteiger partial charge in [-0.15, -0.1) is 11.6 Å². The third kappa shape index (κ3) is 1.84. The van der Waals surface area contributed by atoms with Crippen LogP contribution in [0.1, 0.15) is 12.1 Å². The van der Waals surface area contributed by atoms with Crippen molar-refractivity contribution in [1.29, 1.82) is 5.26 Å². The van der Waals surface area contributed by atoms with E-state index in [2.05, 4.69) is 9.97 Å². The fourth-order valence-electron chi connectivity index (χ4n) is 1.70. The van der Waals surface area contributed by atoms with E-state index >= 15 is 0 Å². The number of hydrogen-bond acceptors (Lipinski definition) is 4. The number of nitrogens with zero attached hydrogens (tertiary/aromatic N) is 4. The molecule has 16 heavy (non-hydrogen) atoms. The number of alkyl halides is 1. The van der Waals surface area contributed by atoms with Crippen LogP contribution in [0.5, 0.6) is 0 Å². The monoisotopic (exact) mass is 236 g/mol. The van der Waals surface area contributed by atoms with Crippen LogP contribution in [-0.2, 0) is 4.79 Å². The number of rotatable bonds is 2. The number of carbonyl (C=O) groups excluding carboxylic acids is 1. The van der Waals surface area contributed by atoms with E-state index < -0.39 is 0 Å². The van der Waals surface area contributed by atoms with Gasteiger partial charge in [0.2, 0.25) is 5.91 Å². The number of carbonyl (C=O) groups is 1. The van der Waals surface area contributed by atoms with Crippen molar-refractivity contribution in [2.24, 2.45) is 5.92 Å². The zero-order valence-electron chi connectivity index (χ0n) is 8.43. The van der Waals surface area contributed by atoms with Gasteiger partial charge in [0.05, 0.1) is 0 Å². The molecule has 1 saturated heterocycles. The largest absolute Gasteiger partial charge is 0.294 e. The lowest BCUT2D eigenvalue weighted by molar-refractivity contribution is -0.117. The molecule has 1 fully saturated rings. The SMILES string of the molecule is N#Cc1nccnc1N1CC(CCl)CC1=O. The molecule has 82 valence electrons. The van der Waals surface area contributed by atoms with Crippen molar-refractivity contribution in [3.63, 3.8) is 0 Å². The molecular formula is C10H9ClN4O. The Morgan fingerprint density at radius 1 is 1.56 bits per heavy atom. The van der Waals surface area contributed by atoms with Crippen LogP contribution in [0.3, 0.4) is 0 Å². The molecule has 1 aromatic heterocycles. The van der Waals surface area contributed by atoms with E-state index in [-0.39, 0.29) is 17.5 Å². The fraction of sp³-hybridized carbons (Fsp3) is 0.400. The summed E-state index contributed by atoms with van der Waals surface area (Å²) in [5.74, 6) is 0.845. The van der Waals surface area contributed by atoms with Gasteiger partial charge in [-0.25, -0.2) is 9.97 Å². The average molecular weight is 237 g/mol. The van der Waals surface area contributed by atoms with Crippen LogP contribution in [0.2, 0.25) is 0 Å². The number of anilines is 1. The van der Waals surface area contributed by atoms with Crippen molar-refractivity contribution in [1.82, 2.24) is 9.97 Å². The summed E-state index contributed by atoms with van der Waals surface area (Å²) in [6.45, 7) is 0.510. The van der Waals surface area contributed by atoms with Crippen molar-refractivity contribution in [3.05, 3.63) is 18.1 Å². The Balaban J connectivity index is 2.32. The minimum atomic E-state index is -0.0531. The Morgan fingerprint density at radius 2 is 2.31 bits per heavy atom. The second kappa shape index (κ2) is 4.45. The summed E-state index contributed by atoms with van der Waals surface area (Å²) in [6, 6.07) is 1.93. The molecule has 1 aliphatic heterocycles. The molecule has 1 aliphatic rings. The highest BCUT2D eigenvalue weighted by atomic mass is 35.5. The van der Waals surface area contributed by atoms with Crippen LogP contribution in [0.15, 0.2) is 12.4 Å². The maximum atomic E-state index is 11.7. The first-order chi connectivity index (χ1) is 7.76. The van der Waals surface area contributed by atoms with Crippen molar-refractivity contribution in [2.45, 2.75) is 6.42 Å². The van der Waals surface area contributed by atoms with Crippen LogP contribution >= 0.6 is 11.6 Å². The second-order valence-electron chi connectivity index (χ2n) is 3.57. The van der Waals surface area contributed by atoms with Gasteiger partial charge in [0.15, 0.2) is 11.5 Å². The Hall–Kier alpha value is -1.67. The van der Waals surface area contributed by atoms with Gasteiger partial charge in [-0.05, 0) is 5.92 Å². The first kappa shape index (κ1) is 10.8. The summed E-state index contributed by atoms with van der Waals surface area (Å²) < 4.78 is 0. The van der Waals surface area contributed by atoms with Crippen LogP contribution in [-0.4, -0.2) is 28.3 Å². The number of nitriles is 1. The van der Waals surface area contributed by atoms with E-state index in [1.54, 1.807) is 0 Å². The summed E-state index contributed by atoms with van der Waals surface area (Å²) in [5, 5.41) is 8.87. The molecule has 1 unspecified atom stereocenters. The highest BCUT2D eigenvalue weighted by molar-refractivity contribution is 6.18. The molecule has 1 atom stereocenters.